The normalized spacial score (nSPS) is 17.5. The predicted octanol–water partition coefficient (Wildman–Crippen LogP) is 2.92. The lowest BCUT2D eigenvalue weighted by molar-refractivity contribution is -0.117. The van der Waals surface area contributed by atoms with Crippen molar-refractivity contribution < 1.29 is 4.79 Å². The van der Waals surface area contributed by atoms with E-state index in [1.807, 2.05) is 49.9 Å². The molecule has 2 N–H and O–H groups in total. The SMILES string of the molecule is CCN1/C(=C(\C#N)c2nc(NC(=O)CN3CCSCC3)ncc2C)Nc2ccccc21. The fraction of sp³-hybridized carbons (Fsp3) is 0.364. The van der Waals surface area contributed by atoms with Crippen LogP contribution in [-0.2, 0) is 4.79 Å². The van der Waals surface area contributed by atoms with Gasteiger partial charge in [0.25, 0.3) is 0 Å². The molecule has 0 atom stereocenters. The average Bonchev–Trinajstić information content (AvgIpc) is 3.15. The molecule has 2 aliphatic rings. The van der Waals surface area contributed by atoms with Crippen LogP contribution < -0.4 is 15.5 Å². The van der Waals surface area contributed by atoms with Crippen molar-refractivity contribution in [1.29, 1.82) is 5.26 Å². The number of amides is 1. The van der Waals surface area contributed by atoms with Crippen LogP contribution in [0.5, 0.6) is 0 Å². The van der Waals surface area contributed by atoms with Gasteiger partial charge in [-0.3, -0.25) is 15.0 Å². The lowest BCUT2D eigenvalue weighted by Gasteiger charge is -2.25. The number of para-hydroxylation sites is 2. The van der Waals surface area contributed by atoms with Gasteiger partial charge in [-0.1, -0.05) is 12.1 Å². The molecule has 1 aromatic heterocycles. The zero-order chi connectivity index (χ0) is 21.8. The second-order valence-electron chi connectivity index (χ2n) is 7.38. The number of nitriles is 1. The summed E-state index contributed by atoms with van der Waals surface area (Å²) in [5.41, 5.74) is 3.67. The highest BCUT2D eigenvalue weighted by molar-refractivity contribution is 7.99. The van der Waals surface area contributed by atoms with Crippen LogP contribution in [0.15, 0.2) is 36.3 Å². The molecule has 3 heterocycles. The van der Waals surface area contributed by atoms with Crippen molar-refractivity contribution in [1.82, 2.24) is 14.9 Å². The van der Waals surface area contributed by atoms with Crippen molar-refractivity contribution in [2.45, 2.75) is 13.8 Å². The Balaban J connectivity index is 1.60. The van der Waals surface area contributed by atoms with Crippen LogP contribution in [0.3, 0.4) is 0 Å². The maximum atomic E-state index is 12.5. The zero-order valence-corrected chi connectivity index (χ0v) is 18.5. The molecule has 1 saturated heterocycles. The number of aryl methyl sites for hydroxylation is 1. The number of fused-ring (bicyclic) bond motifs is 1. The number of anilines is 3. The van der Waals surface area contributed by atoms with Crippen molar-refractivity contribution in [2.75, 3.05) is 53.2 Å². The minimum Gasteiger partial charge on any atom is -0.339 e. The molecule has 8 nitrogen and oxygen atoms in total. The fourth-order valence-corrected chi connectivity index (χ4v) is 4.73. The van der Waals surface area contributed by atoms with Crippen molar-refractivity contribution in [3.8, 4) is 6.07 Å². The maximum absolute atomic E-state index is 12.5. The summed E-state index contributed by atoms with van der Waals surface area (Å²) in [6.07, 6.45) is 1.64. The molecule has 1 aromatic carbocycles. The number of hydrogen-bond acceptors (Lipinski definition) is 8. The Labute approximate surface area is 186 Å². The molecule has 0 bridgehead atoms. The van der Waals surface area contributed by atoms with E-state index in [0.717, 1.165) is 41.5 Å². The van der Waals surface area contributed by atoms with Crippen LogP contribution in [0.1, 0.15) is 18.2 Å². The van der Waals surface area contributed by atoms with E-state index in [4.69, 9.17) is 0 Å². The first-order valence-corrected chi connectivity index (χ1v) is 11.5. The van der Waals surface area contributed by atoms with E-state index in [2.05, 4.69) is 36.5 Å². The van der Waals surface area contributed by atoms with Crippen LogP contribution in [0, 0.1) is 18.3 Å². The molecule has 160 valence electrons. The maximum Gasteiger partial charge on any atom is 0.240 e. The number of nitrogens with one attached hydrogen (secondary N) is 2. The highest BCUT2D eigenvalue weighted by Crippen LogP contribution is 2.38. The van der Waals surface area contributed by atoms with Crippen LogP contribution in [0.2, 0.25) is 0 Å². The van der Waals surface area contributed by atoms with Gasteiger partial charge in [-0.2, -0.15) is 17.0 Å². The molecular weight excluding hydrogens is 410 g/mol. The Morgan fingerprint density at radius 3 is 2.84 bits per heavy atom. The predicted molar refractivity (Wildman–Crippen MR) is 125 cm³/mol. The van der Waals surface area contributed by atoms with Gasteiger partial charge in [0, 0.05) is 37.3 Å². The number of hydrogen-bond donors (Lipinski definition) is 2. The van der Waals surface area contributed by atoms with Gasteiger partial charge in [-0.25, -0.2) is 9.97 Å². The summed E-state index contributed by atoms with van der Waals surface area (Å²) in [4.78, 5) is 25.5. The Hall–Kier alpha value is -3.09. The van der Waals surface area contributed by atoms with Crippen molar-refractivity contribution in [3.63, 3.8) is 0 Å². The summed E-state index contributed by atoms with van der Waals surface area (Å²) in [6, 6.07) is 10.2. The molecular formula is C22H25N7OS. The number of nitrogens with zero attached hydrogens (tertiary/aromatic N) is 5. The van der Waals surface area contributed by atoms with Gasteiger partial charge >= 0.3 is 0 Å². The van der Waals surface area contributed by atoms with E-state index in [9.17, 15) is 10.1 Å². The summed E-state index contributed by atoms with van der Waals surface area (Å²) in [5, 5.41) is 16.2. The number of carbonyl (C=O) groups excluding carboxylic acids is 1. The van der Waals surface area contributed by atoms with Crippen molar-refractivity contribution in [3.05, 3.63) is 47.5 Å². The molecule has 0 unspecified atom stereocenters. The van der Waals surface area contributed by atoms with Gasteiger partial charge in [0.05, 0.1) is 23.6 Å². The van der Waals surface area contributed by atoms with E-state index in [1.54, 1.807) is 6.20 Å². The fourth-order valence-electron chi connectivity index (χ4n) is 3.76. The van der Waals surface area contributed by atoms with E-state index >= 15 is 0 Å². The summed E-state index contributed by atoms with van der Waals surface area (Å²) >= 11 is 1.90. The van der Waals surface area contributed by atoms with Crippen molar-refractivity contribution in [2.24, 2.45) is 0 Å². The summed E-state index contributed by atoms with van der Waals surface area (Å²) in [5.74, 6) is 2.84. The number of benzene rings is 1. The summed E-state index contributed by atoms with van der Waals surface area (Å²) in [6.45, 7) is 6.73. The molecule has 9 heteroatoms. The largest absolute Gasteiger partial charge is 0.339 e. The quantitative estimate of drug-likeness (QED) is 0.692. The molecule has 0 spiro atoms. The van der Waals surface area contributed by atoms with E-state index in [0.29, 0.717) is 30.2 Å². The van der Waals surface area contributed by atoms with Crippen LogP contribution >= 0.6 is 11.8 Å². The van der Waals surface area contributed by atoms with Crippen LogP contribution in [0.25, 0.3) is 5.57 Å². The van der Waals surface area contributed by atoms with Gasteiger partial charge in [0.1, 0.15) is 17.5 Å². The van der Waals surface area contributed by atoms with Gasteiger partial charge in [0.15, 0.2) is 0 Å². The molecule has 0 radical (unpaired) electrons. The monoisotopic (exact) mass is 435 g/mol. The first-order valence-electron chi connectivity index (χ1n) is 10.3. The molecule has 31 heavy (non-hydrogen) atoms. The summed E-state index contributed by atoms with van der Waals surface area (Å²) in [7, 11) is 0. The van der Waals surface area contributed by atoms with E-state index in [-0.39, 0.29) is 11.9 Å². The van der Waals surface area contributed by atoms with E-state index in [1.165, 1.54) is 0 Å². The number of rotatable bonds is 5. The zero-order valence-electron chi connectivity index (χ0n) is 17.7. The Bertz CT molecular complexity index is 1060. The number of carbonyl (C=O) groups is 1. The first-order chi connectivity index (χ1) is 15.1. The molecule has 1 amide bonds. The third-order valence-electron chi connectivity index (χ3n) is 5.31. The summed E-state index contributed by atoms with van der Waals surface area (Å²) < 4.78 is 0. The first kappa shape index (κ1) is 21.2. The Morgan fingerprint density at radius 1 is 1.32 bits per heavy atom. The second-order valence-corrected chi connectivity index (χ2v) is 8.61. The molecule has 0 saturated carbocycles. The van der Waals surface area contributed by atoms with E-state index < -0.39 is 0 Å². The average molecular weight is 436 g/mol. The number of thioether (sulfide) groups is 1. The van der Waals surface area contributed by atoms with Gasteiger partial charge in [-0.15, -0.1) is 0 Å². The topological polar surface area (TPSA) is 97.2 Å². The highest BCUT2D eigenvalue weighted by Gasteiger charge is 2.27. The number of aromatic nitrogens is 2. The van der Waals surface area contributed by atoms with Gasteiger partial charge < -0.3 is 10.2 Å². The van der Waals surface area contributed by atoms with Gasteiger partial charge in [-0.05, 0) is 31.5 Å². The molecule has 0 aliphatic carbocycles. The van der Waals surface area contributed by atoms with Crippen LogP contribution in [0.4, 0.5) is 17.3 Å². The third-order valence-corrected chi connectivity index (χ3v) is 6.26. The Kier molecular flexibility index (Phi) is 6.39. The third kappa shape index (κ3) is 4.50. The second kappa shape index (κ2) is 9.37. The highest BCUT2D eigenvalue weighted by atomic mass is 32.2. The number of allylic oxidation sites excluding steroid dienone is 1. The molecule has 2 aromatic rings. The molecule has 4 rings (SSSR count). The minimum atomic E-state index is -0.144. The Morgan fingerprint density at radius 2 is 2.10 bits per heavy atom. The van der Waals surface area contributed by atoms with Gasteiger partial charge in [0.2, 0.25) is 11.9 Å². The lowest BCUT2D eigenvalue weighted by Crippen LogP contribution is -2.39. The van der Waals surface area contributed by atoms with Crippen molar-refractivity contribution >= 4 is 40.6 Å². The minimum absolute atomic E-state index is 0.144. The molecule has 1 fully saturated rings. The standard InChI is InChI=1S/C22H25N7OS/c1-3-29-18-7-5-4-6-17(18)25-21(29)16(12-23)20-15(2)13-24-22(27-20)26-19(30)14-28-8-10-31-11-9-28/h4-7,13,25H,3,8-11,14H2,1-2H3,(H,24,26,27,30)/b21-16+. The molecule has 2 aliphatic heterocycles. The lowest BCUT2D eigenvalue weighted by atomic mass is 10.1. The smallest absolute Gasteiger partial charge is 0.240 e. The van der Waals surface area contributed by atoms with Crippen LogP contribution in [-0.4, -0.2) is 58.5 Å².